The molecule has 2 nitrogen and oxygen atoms in total. The van der Waals surface area contributed by atoms with E-state index in [1.807, 2.05) is 0 Å². The first kappa shape index (κ1) is 12.3. The van der Waals surface area contributed by atoms with Crippen LogP contribution in [0.1, 0.15) is 11.1 Å². The van der Waals surface area contributed by atoms with Crippen LogP contribution in [0.3, 0.4) is 0 Å². The Morgan fingerprint density at radius 3 is 1.75 bits per heavy atom. The van der Waals surface area contributed by atoms with Crippen LogP contribution < -0.4 is 0 Å². The van der Waals surface area contributed by atoms with Gasteiger partial charge in [0.1, 0.15) is 17.0 Å². The molecule has 0 heterocycles. The quantitative estimate of drug-likeness (QED) is 0.708. The zero-order valence-electron chi connectivity index (χ0n) is 7.42. The second-order valence-electron chi connectivity index (χ2n) is 2.90. The van der Waals surface area contributed by atoms with Gasteiger partial charge >= 0.3 is 10.2 Å². The average molecular weight is 254 g/mol. The van der Waals surface area contributed by atoms with Crippen molar-refractivity contribution in [2.24, 2.45) is 0 Å². The molecule has 0 saturated carbocycles. The van der Waals surface area contributed by atoms with Crippen LogP contribution in [0.2, 0.25) is 0 Å². The number of nitriles is 2. The highest BCUT2D eigenvalue weighted by Gasteiger charge is 2.65. The van der Waals surface area contributed by atoms with Crippen LogP contribution in [0, 0.1) is 22.7 Å². The molecule has 0 aromatic heterocycles. The van der Waals surface area contributed by atoms with Crippen LogP contribution in [-0.2, 0) is 0 Å². The molecule has 0 saturated heterocycles. The van der Waals surface area contributed by atoms with Gasteiger partial charge in [-0.2, -0.15) is 10.5 Å². The van der Waals surface area contributed by atoms with Crippen molar-refractivity contribution >= 4 is 10.2 Å². The van der Waals surface area contributed by atoms with Crippen LogP contribution in [0.5, 0.6) is 0 Å². The zero-order valence-corrected chi connectivity index (χ0v) is 8.24. The van der Waals surface area contributed by atoms with Crippen molar-refractivity contribution in [3.8, 4) is 12.1 Å². The van der Waals surface area contributed by atoms with E-state index in [4.69, 9.17) is 10.5 Å². The Kier molecular flexibility index (Phi) is 2.04. The molecule has 0 bridgehead atoms. The van der Waals surface area contributed by atoms with E-state index in [9.17, 15) is 19.4 Å². The molecule has 0 unspecified atom stereocenters. The van der Waals surface area contributed by atoms with Crippen molar-refractivity contribution in [3.05, 3.63) is 29.3 Å². The van der Waals surface area contributed by atoms with Gasteiger partial charge in [0.25, 0.3) is 0 Å². The van der Waals surface area contributed by atoms with E-state index >= 15 is 0 Å². The van der Waals surface area contributed by atoms with Crippen molar-refractivity contribution in [3.63, 3.8) is 0 Å². The van der Waals surface area contributed by atoms with Crippen LogP contribution in [-0.4, -0.2) is 0 Å². The fraction of sp³-hybridized carbons (Fsp3) is 0. The number of halogens is 5. The van der Waals surface area contributed by atoms with E-state index in [-0.39, 0.29) is 17.7 Å². The molecule has 0 aliphatic rings. The predicted octanol–water partition coefficient (Wildman–Crippen LogP) is 4.09. The van der Waals surface area contributed by atoms with Gasteiger partial charge in [-0.25, -0.2) is 0 Å². The first-order chi connectivity index (χ1) is 6.97. The molecule has 8 heteroatoms. The summed E-state index contributed by atoms with van der Waals surface area (Å²) in [5.74, 6) is 0. The second kappa shape index (κ2) is 2.66. The SMILES string of the molecule is N#Cc1ccc(S(F)(F)(F)(F)F)cc1C#N. The molecule has 0 aliphatic carbocycles. The fourth-order valence-corrected chi connectivity index (χ4v) is 1.62. The molecule has 1 rings (SSSR count). The maximum absolute atomic E-state index is 12.3. The minimum Gasteiger partial charge on any atom is -0.192 e. The minimum absolute atomic E-state index is 0.0138. The highest BCUT2D eigenvalue weighted by atomic mass is 32.5. The van der Waals surface area contributed by atoms with Crippen LogP contribution in [0.4, 0.5) is 19.4 Å². The summed E-state index contributed by atoms with van der Waals surface area (Å²) in [6.45, 7) is 0. The maximum atomic E-state index is 12.3. The molecule has 0 fully saturated rings. The summed E-state index contributed by atoms with van der Waals surface area (Å²) in [7, 11) is -9.78. The number of hydrogen-bond acceptors (Lipinski definition) is 2. The summed E-state index contributed by atoms with van der Waals surface area (Å²) >= 11 is 0. The third-order valence-electron chi connectivity index (χ3n) is 1.68. The highest BCUT2D eigenvalue weighted by Crippen LogP contribution is 3.02. The molecule has 0 atom stereocenters. The Morgan fingerprint density at radius 1 is 0.875 bits per heavy atom. The largest absolute Gasteiger partial charge is 0.310 e. The normalized spacial score (nSPS) is 15.4. The molecule has 16 heavy (non-hydrogen) atoms. The predicted molar refractivity (Wildman–Crippen MR) is 47.3 cm³/mol. The van der Waals surface area contributed by atoms with Crippen molar-refractivity contribution in [1.82, 2.24) is 0 Å². The molecular formula is C8H3F5N2S. The summed E-state index contributed by atoms with van der Waals surface area (Å²) in [4.78, 5) is -2.17. The van der Waals surface area contributed by atoms with Gasteiger partial charge in [-0.15, -0.1) is 0 Å². The van der Waals surface area contributed by atoms with E-state index in [1.54, 1.807) is 0 Å². The van der Waals surface area contributed by atoms with Gasteiger partial charge in [-0.1, -0.05) is 19.4 Å². The fourth-order valence-electron chi connectivity index (χ4n) is 0.953. The topological polar surface area (TPSA) is 47.6 Å². The molecule has 0 N–H and O–H groups in total. The van der Waals surface area contributed by atoms with Crippen LogP contribution >= 0.6 is 10.2 Å². The number of rotatable bonds is 1. The monoisotopic (exact) mass is 254 g/mol. The first-order valence-corrected chi connectivity index (χ1v) is 5.61. The van der Waals surface area contributed by atoms with Gasteiger partial charge in [0.2, 0.25) is 0 Å². The molecule has 86 valence electrons. The lowest BCUT2D eigenvalue weighted by Crippen LogP contribution is -2.06. The first-order valence-electron chi connectivity index (χ1n) is 3.66. The maximum Gasteiger partial charge on any atom is 0.310 e. The van der Waals surface area contributed by atoms with Crippen molar-refractivity contribution in [1.29, 1.82) is 10.5 Å². The number of hydrogen-bond donors (Lipinski definition) is 0. The van der Waals surface area contributed by atoms with Crippen molar-refractivity contribution < 1.29 is 19.4 Å². The lowest BCUT2D eigenvalue weighted by atomic mass is 10.1. The molecular weight excluding hydrogens is 251 g/mol. The van der Waals surface area contributed by atoms with E-state index in [2.05, 4.69) is 0 Å². The number of nitrogens with zero attached hydrogens (tertiary/aromatic N) is 2. The molecule has 1 aromatic carbocycles. The van der Waals surface area contributed by atoms with Gasteiger partial charge < -0.3 is 0 Å². The Hall–Kier alpha value is -1.80. The van der Waals surface area contributed by atoms with Crippen LogP contribution in [0.15, 0.2) is 23.1 Å². The standard InChI is InChI=1S/C8H3F5N2S/c9-16(10,11,12,13)8-2-1-6(4-14)7(3-8)5-15/h1-3H. The molecule has 0 spiro atoms. The average Bonchev–Trinajstić information content (AvgIpc) is 2.13. The highest BCUT2D eigenvalue weighted by molar-refractivity contribution is 8.45. The van der Waals surface area contributed by atoms with Crippen molar-refractivity contribution in [2.75, 3.05) is 0 Å². The Morgan fingerprint density at radius 2 is 1.38 bits per heavy atom. The summed E-state index contributed by atoms with van der Waals surface area (Å²) in [5, 5.41) is 16.8. The van der Waals surface area contributed by atoms with E-state index < -0.39 is 20.7 Å². The van der Waals surface area contributed by atoms with Gasteiger partial charge in [0.05, 0.1) is 11.1 Å². The lowest BCUT2D eigenvalue weighted by Gasteiger charge is -2.40. The summed E-state index contributed by atoms with van der Waals surface area (Å²) < 4.78 is 61.5. The van der Waals surface area contributed by atoms with Gasteiger partial charge in [-0.05, 0) is 18.2 Å². The number of benzene rings is 1. The van der Waals surface area contributed by atoms with Gasteiger partial charge in [0, 0.05) is 0 Å². The molecule has 1 aromatic rings. The second-order valence-corrected chi connectivity index (χ2v) is 5.31. The summed E-state index contributed by atoms with van der Waals surface area (Å²) in [6, 6.07) is 3.32. The van der Waals surface area contributed by atoms with Gasteiger partial charge in [0.15, 0.2) is 0 Å². The molecule has 0 aliphatic heterocycles. The third-order valence-corrected chi connectivity index (χ3v) is 2.82. The Balaban J connectivity index is 3.58. The van der Waals surface area contributed by atoms with E-state index in [1.165, 1.54) is 12.1 Å². The molecule has 0 radical (unpaired) electrons. The Bertz CT molecular complexity index is 534. The smallest absolute Gasteiger partial charge is 0.192 e. The third kappa shape index (κ3) is 2.41. The van der Waals surface area contributed by atoms with E-state index in [0.717, 1.165) is 0 Å². The molecule has 0 amide bonds. The zero-order chi connectivity index (χ0) is 12.7. The Labute approximate surface area is 87.2 Å². The van der Waals surface area contributed by atoms with E-state index in [0.29, 0.717) is 6.07 Å². The van der Waals surface area contributed by atoms with Crippen LogP contribution in [0.25, 0.3) is 0 Å². The minimum atomic E-state index is -9.78. The van der Waals surface area contributed by atoms with Gasteiger partial charge in [-0.3, -0.25) is 0 Å². The van der Waals surface area contributed by atoms with Crippen molar-refractivity contribution in [2.45, 2.75) is 4.90 Å². The summed E-state index contributed by atoms with van der Waals surface area (Å²) in [6.07, 6.45) is 0. The lowest BCUT2D eigenvalue weighted by molar-refractivity contribution is 0.364. The summed E-state index contributed by atoms with van der Waals surface area (Å²) in [5.41, 5.74) is -1.11.